The minimum absolute atomic E-state index is 0.0480. The average Bonchev–Trinajstić information content (AvgIpc) is 2.77. The second-order valence-corrected chi connectivity index (χ2v) is 7.44. The summed E-state index contributed by atoms with van der Waals surface area (Å²) in [6, 6.07) is 15.9. The molecule has 0 atom stereocenters. The molecule has 0 unspecified atom stereocenters. The number of halogens is 1. The van der Waals surface area contributed by atoms with E-state index in [9.17, 15) is 9.18 Å². The highest BCUT2D eigenvalue weighted by Crippen LogP contribution is 2.22. The highest BCUT2D eigenvalue weighted by Gasteiger charge is 2.15. The predicted octanol–water partition coefficient (Wildman–Crippen LogP) is 6.79. The molecule has 0 fully saturated rings. The van der Waals surface area contributed by atoms with Gasteiger partial charge in [-0.25, -0.2) is 9.18 Å². The summed E-state index contributed by atoms with van der Waals surface area (Å²) in [5.41, 5.74) is 3.82. The van der Waals surface area contributed by atoms with E-state index in [0.717, 1.165) is 42.5 Å². The SMILES string of the molecule is CCCCCCc1ccc(C(=O)Oc2ccc(-c3ccc(CC)cn3)cc2)c(F)c1. The number of esters is 1. The first-order chi connectivity index (χ1) is 14.6. The van der Waals surface area contributed by atoms with Gasteiger partial charge in [0.15, 0.2) is 0 Å². The molecule has 3 rings (SSSR count). The lowest BCUT2D eigenvalue weighted by atomic mass is 10.0. The lowest BCUT2D eigenvalue weighted by Gasteiger charge is -2.08. The van der Waals surface area contributed by atoms with Crippen LogP contribution in [0.15, 0.2) is 60.8 Å². The van der Waals surface area contributed by atoms with Crippen molar-refractivity contribution < 1.29 is 13.9 Å². The Labute approximate surface area is 177 Å². The number of aromatic nitrogens is 1. The van der Waals surface area contributed by atoms with E-state index in [4.69, 9.17) is 4.74 Å². The average molecular weight is 406 g/mol. The van der Waals surface area contributed by atoms with E-state index in [2.05, 4.69) is 18.8 Å². The summed E-state index contributed by atoms with van der Waals surface area (Å²) in [6.07, 6.45) is 8.14. The number of carbonyl (C=O) groups is 1. The first-order valence-corrected chi connectivity index (χ1v) is 10.7. The Hall–Kier alpha value is -3.01. The molecule has 3 nitrogen and oxygen atoms in total. The molecule has 156 valence electrons. The number of unbranched alkanes of at least 4 members (excludes halogenated alkanes) is 3. The molecule has 30 heavy (non-hydrogen) atoms. The molecule has 2 aromatic carbocycles. The number of nitrogens with zero attached hydrogens (tertiary/aromatic N) is 1. The summed E-state index contributed by atoms with van der Waals surface area (Å²) in [5.74, 6) is -0.856. The van der Waals surface area contributed by atoms with E-state index >= 15 is 0 Å². The molecule has 0 spiro atoms. The summed E-state index contributed by atoms with van der Waals surface area (Å²) in [4.78, 5) is 16.8. The van der Waals surface area contributed by atoms with Crippen molar-refractivity contribution in [2.24, 2.45) is 0 Å². The summed E-state index contributed by atoms with van der Waals surface area (Å²) in [7, 11) is 0. The minimum Gasteiger partial charge on any atom is -0.423 e. The maximum absolute atomic E-state index is 14.4. The maximum Gasteiger partial charge on any atom is 0.346 e. The van der Waals surface area contributed by atoms with E-state index < -0.39 is 11.8 Å². The quantitative estimate of drug-likeness (QED) is 0.223. The topological polar surface area (TPSA) is 39.2 Å². The number of rotatable bonds is 9. The van der Waals surface area contributed by atoms with E-state index in [0.29, 0.717) is 5.75 Å². The first kappa shape index (κ1) is 21.7. The zero-order chi connectivity index (χ0) is 21.3. The van der Waals surface area contributed by atoms with Gasteiger partial charge < -0.3 is 4.74 Å². The van der Waals surface area contributed by atoms with E-state index in [1.807, 2.05) is 30.5 Å². The fraction of sp³-hybridized carbons (Fsp3) is 0.308. The predicted molar refractivity (Wildman–Crippen MR) is 118 cm³/mol. The number of aryl methyl sites for hydroxylation is 2. The molecule has 4 heteroatoms. The number of benzene rings is 2. The minimum atomic E-state index is -0.691. The van der Waals surface area contributed by atoms with Gasteiger partial charge >= 0.3 is 5.97 Å². The van der Waals surface area contributed by atoms with Gasteiger partial charge in [-0.3, -0.25) is 4.98 Å². The van der Waals surface area contributed by atoms with Crippen molar-refractivity contribution in [1.29, 1.82) is 0 Å². The Morgan fingerprint density at radius 3 is 2.33 bits per heavy atom. The molecule has 1 aromatic heterocycles. The van der Waals surface area contributed by atoms with Crippen LogP contribution in [-0.4, -0.2) is 11.0 Å². The lowest BCUT2D eigenvalue weighted by molar-refractivity contribution is 0.0730. The second-order valence-electron chi connectivity index (χ2n) is 7.44. The third-order valence-corrected chi connectivity index (χ3v) is 5.17. The van der Waals surface area contributed by atoms with Crippen LogP contribution in [0.2, 0.25) is 0 Å². The van der Waals surface area contributed by atoms with E-state index in [-0.39, 0.29) is 5.56 Å². The van der Waals surface area contributed by atoms with Gasteiger partial charge in [-0.05, 0) is 72.9 Å². The molecule has 0 radical (unpaired) electrons. The van der Waals surface area contributed by atoms with Crippen LogP contribution in [-0.2, 0) is 12.8 Å². The molecule has 1 heterocycles. The van der Waals surface area contributed by atoms with Crippen LogP contribution in [0, 0.1) is 5.82 Å². The summed E-state index contributed by atoms with van der Waals surface area (Å²) >= 11 is 0. The molecule has 0 aliphatic rings. The fourth-order valence-corrected chi connectivity index (χ4v) is 3.30. The molecule has 0 aliphatic heterocycles. The second kappa shape index (κ2) is 10.7. The Kier molecular flexibility index (Phi) is 7.72. The highest BCUT2D eigenvalue weighted by atomic mass is 19.1. The van der Waals surface area contributed by atoms with Gasteiger partial charge in [-0.2, -0.15) is 0 Å². The Morgan fingerprint density at radius 2 is 1.70 bits per heavy atom. The highest BCUT2D eigenvalue weighted by molar-refractivity contribution is 5.91. The van der Waals surface area contributed by atoms with Gasteiger partial charge in [0, 0.05) is 11.8 Å². The largest absolute Gasteiger partial charge is 0.423 e. The molecular formula is C26H28FNO2. The Bertz CT molecular complexity index is 965. The number of carbonyl (C=O) groups excluding carboxylic acids is 1. The van der Waals surface area contributed by atoms with E-state index in [1.165, 1.54) is 30.5 Å². The van der Waals surface area contributed by atoms with Crippen molar-refractivity contribution in [1.82, 2.24) is 4.98 Å². The van der Waals surface area contributed by atoms with Crippen LogP contribution in [0.1, 0.15) is 61.0 Å². The van der Waals surface area contributed by atoms with Gasteiger partial charge in [0.25, 0.3) is 0 Å². The third kappa shape index (κ3) is 5.76. The van der Waals surface area contributed by atoms with Crippen LogP contribution in [0.3, 0.4) is 0 Å². The van der Waals surface area contributed by atoms with Crippen molar-refractivity contribution >= 4 is 5.97 Å². The first-order valence-electron chi connectivity index (χ1n) is 10.7. The van der Waals surface area contributed by atoms with Gasteiger partial charge in [-0.1, -0.05) is 45.2 Å². The molecule has 0 saturated carbocycles. The van der Waals surface area contributed by atoms with Gasteiger partial charge in [0.05, 0.1) is 11.3 Å². The normalized spacial score (nSPS) is 10.8. The molecule has 0 aliphatic carbocycles. The fourth-order valence-electron chi connectivity index (χ4n) is 3.30. The van der Waals surface area contributed by atoms with Crippen molar-refractivity contribution in [3.8, 4) is 17.0 Å². The molecular weight excluding hydrogens is 377 g/mol. The van der Waals surface area contributed by atoms with Crippen LogP contribution in [0.5, 0.6) is 5.75 Å². The van der Waals surface area contributed by atoms with Crippen LogP contribution in [0.25, 0.3) is 11.3 Å². The van der Waals surface area contributed by atoms with Crippen molar-refractivity contribution in [3.05, 3.63) is 83.3 Å². The van der Waals surface area contributed by atoms with Gasteiger partial charge in [-0.15, -0.1) is 0 Å². The lowest BCUT2D eigenvalue weighted by Crippen LogP contribution is -2.11. The monoisotopic (exact) mass is 405 g/mol. The van der Waals surface area contributed by atoms with Gasteiger partial charge in [0.1, 0.15) is 11.6 Å². The van der Waals surface area contributed by atoms with Crippen molar-refractivity contribution in [2.45, 2.75) is 52.4 Å². The standard InChI is InChI=1S/C26H28FNO2/c1-3-5-6-7-8-20-9-15-23(24(27)17-20)26(29)30-22-13-11-21(12-14-22)25-16-10-19(4-2)18-28-25/h9-18H,3-8H2,1-2H3. The number of hydrogen-bond acceptors (Lipinski definition) is 3. The zero-order valence-corrected chi connectivity index (χ0v) is 17.7. The zero-order valence-electron chi connectivity index (χ0n) is 17.7. The summed E-state index contributed by atoms with van der Waals surface area (Å²) in [6.45, 7) is 4.25. The summed E-state index contributed by atoms with van der Waals surface area (Å²) < 4.78 is 19.8. The molecule has 3 aromatic rings. The molecule has 0 bridgehead atoms. The number of hydrogen-bond donors (Lipinski definition) is 0. The van der Waals surface area contributed by atoms with Crippen LogP contribution in [0.4, 0.5) is 4.39 Å². The number of ether oxygens (including phenoxy) is 1. The molecule has 0 saturated heterocycles. The van der Waals surface area contributed by atoms with Crippen LogP contribution >= 0.6 is 0 Å². The Balaban J connectivity index is 1.62. The van der Waals surface area contributed by atoms with E-state index in [1.54, 1.807) is 18.2 Å². The van der Waals surface area contributed by atoms with Gasteiger partial charge in [0.2, 0.25) is 0 Å². The molecule has 0 N–H and O–H groups in total. The third-order valence-electron chi connectivity index (χ3n) is 5.17. The Morgan fingerprint density at radius 1 is 0.933 bits per heavy atom. The molecule has 0 amide bonds. The smallest absolute Gasteiger partial charge is 0.346 e. The number of pyridine rings is 1. The van der Waals surface area contributed by atoms with Crippen molar-refractivity contribution in [2.75, 3.05) is 0 Å². The summed E-state index contributed by atoms with van der Waals surface area (Å²) in [5, 5.41) is 0. The van der Waals surface area contributed by atoms with Crippen LogP contribution < -0.4 is 4.74 Å². The van der Waals surface area contributed by atoms with Crippen molar-refractivity contribution in [3.63, 3.8) is 0 Å². The maximum atomic E-state index is 14.4.